The molecule has 0 N–H and O–H groups in total. The fourth-order valence-corrected chi connectivity index (χ4v) is 5.10. The highest BCUT2D eigenvalue weighted by Crippen LogP contribution is 2.43. The van der Waals surface area contributed by atoms with Gasteiger partial charge in [-0.2, -0.15) is 5.10 Å². The average Bonchev–Trinajstić information content (AvgIpc) is 2.81. The van der Waals surface area contributed by atoms with Gasteiger partial charge in [0.25, 0.3) is 11.5 Å². The Kier molecular flexibility index (Phi) is 4.64. The maximum Gasteiger partial charge on any atom is 0.280 e. The molecule has 1 unspecified atom stereocenters. The smallest absolute Gasteiger partial charge is 0.280 e. The van der Waals surface area contributed by atoms with Crippen LogP contribution < -0.4 is 10.5 Å². The number of aryl methyl sites for hydroxylation is 1. The van der Waals surface area contributed by atoms with Crippen molar-refractivity contribution in [2.24, 2.45) is 7.05 Å². The van der Waals surface area contributed by atoms with Gasteiger partial charge in [0.05, 0.1) is 17.1 Å². The summed E-state index contributed by atoms with van der Waals surface area (Å²) in [5.41, 5.74) is 2.01. The molecule has 6 heteroatoms. The van der Waals surface area contributed by atoms with Gasteiger partial charge in [-0.1, -0.05) is 60.7 Å². The topological polar surface area (TPSA) is 55.2 Å². The van der Waals surface area contributed by atoms with E-state index < -0.39 is 0 Å². The first-order valence-corrected chi connectivity index (χ1v) is 10.7. The molecule has 148 valence electrons. The molecule has 3 aromatic carbocycles. The fraction of sp³-hybridized carbons (Fsp3) is 0.125. The summed E-state index contributed by atoms with van der Waals surface area (Å²) in [6, 6.07) is 25.0. The lowest BCUT2D eigenvalue weighted by Crippen LogP contribution is -2.40. The Morgan fingerprint density at radius 3 is 2.40 bits per heavy atom. The molecule has 1 atom stereocenters. The van der Waals surface area contributed by atoms with E-state index in [0.29, 0.717) is 10.8 Å². The van der Waals surface area contributed by atoms with Crippen LogP contribution in [0, 0.1) is 0 Å². The number of hydrogen-bond donors (Lipinski definition) is 0. The van der Waals surface area contributed by atoms with Crippen LogP contribution in [0.5, 0.6) is 0 Å². The van der Waals surface area contributed by atoms with Gasteiger partial charge in [0.2, 0.25) is 0 Å². The number of carbonyl (C=O) groups excluding carboxylic acids is 1. The van der Waals surface area contributed by atoms with Gasteiger partial charge < -0.3 is 0 Å². The zero-order chi connectivity index (χ0) is 20.7. The molecule has 0 saturated carbocycles. The van der Waals surface area contributed by atoms with Crippen LogP contribution in [0.25, 0.3) is 10.8 Å². The molecule has 1 aliphatic heterocycles. The minimum Gasteiger partial charge on any atom is -0.297 e. The Morgan fingerprint density at radius 1 is 0.933 bits per heavy atom. The molecule has 30 heavy (non-hydrogen) atoms. The molecule has 1 amide bonds. The lowest BCUT2D eigenvalue weighted by Gasteiger charge is -2.37. The predicted octanol–water partition coefficient (Wildman–Crippen LogP) is 4.43. The Bertz CT molecular complexity index is 1320. The lowest BCUT2D eigenvalue weighted by molar-refractivity contribution is 0.0972. The highest BCUT2D eigenvalue weighted by Gasteiger charge is 2.34. The van der Waals surface area contributed by atoms with E-state index in [-0.39, 0.29) is 23.2 Å². The van der Waals surface area contributed by atoms with Gasteiger partial charge in [-0.25, -0.2) is 4.68 Å². The van der Waals surface area contributed by atoms with Crippen LogP contribution in [0.1, 0.15) is 22.1 Å². The van der Waals surface area contributed by atoms with Crippen LogP contribution in [0.15, 0.2) is 88.6 Å². The number of thioether (sulfide) groups is 1. The molecular formula is C24H19N3O2S. The van der Waals surface area contributed by atoms with E-state index >= 15 is 0 Å². The van der Waals surface area contributed by atoms with Gasteiger partial charge in [-0.05, 0) is 23.8 Å². The number of rotatable bonds is 2. The molecule has 5 rings (SSSR count). The molecule has 0 spiro atoms. The molecule has 0 bridgehead atoms. The first kappa shape index (κ1) is 18.6. The standard InChI is InChI=1S/C24H19N3O2S/c1-26-23(28)18-12-6-5-11-17(18)22(25-26)24(29)27-19-13-7-8-14-21(19)30-15-20(27)16-9-3-2-4-10-16/h2-14,20H,15H2,1H3. The Balaban J connectivity index is 1.72. The Labute approximate surface area is 178 Å². The van der Waals surface area contributed by atoms with E-state index in [9.17, 15) is 9.59 Å². The maximum atomic E-state index is 14.0. The number of nitrogens with zero attached hydrogens (tertiary/aromatic N) is 3. The summed E-state index contributed by atoms with van der Waals surface area (Å²) in [5.74, 6) is 0.541. The number of hydrogen-bond acceptors (Lipinski definition) is 4. The normalized spacial score (nSPS) is 15.8. The second-order valence-electron chi connectivity index (χ2n) is 7.20. The molecule has 0 aliphatic carbocycles. The van der Waals surface area contributed by atoms with Crippen LogP contribution in [0.4, 0.5) is 5.69 Å². The Morgan fingerprint density at radius 2 is 1.60 bits per heavy atom. The van der Waals surface area contributed by atoms with Crippen LogP contribution in [-0.4, -0.2) is 21.4 Å². The van der Waals surface area contributed by atoms with Crippen molar-refractivity contribution in [3.8, 4) is 0 Å². The third-order valence-corrected chi connectivity index (χ3v) is 6.53. The molecule has 0 radical (unpaired) electrons. The van der Waals surface area contributed by atoms with E-state index in [1.807, 2.05) is 65.6 Å². The minimum absolute atomic E-state index is 0.128. The van der Waals surface area contributed by atoms with E-state index in [0.717, 1.165) is 21.9 Å². The van der Waals surface area contributed by atoms with Gasteiger partial charge in [-0.3, -0.25) is 14.5 Å². The van der Waals surface area contributed by atoms with Crippen LogP contribution in [-0.2, 0) is 7.05 Å². The van der Waals surface area contributed by atoms with Crippen molar-refractivity contribution >= 4 is 34.1 Å². The molecule has 0 fully saturated rings. The average molecular weight is 414 g/mol. The fourth-order valence-electron chi connectivity index (χ4n) is 3.93. The van der Waals surface area contributed by atoms with Gasteiger partial charge in [-0.15, -0.1) is 11.8 Å². The number of benzene rings is 3. The molecule has 1 aromatic heterocycles. The van der Waals surface area contributed by atoms with Crippen molar-refractivity contribution in [2.45, 2.75) is 10.9 Å². The minimum atomic E-state index is -0.212. The first-order valence-electron chi connectivity index (χ1n) is 9.71. The maximum absolute atomic E-state index is 14.0. The van der Waals surface area contributed by atoms with Crippen molar-refractivity contribution in [3.05, 3.63) is 100 Å². The third kappa shape index (κ3) is 3.00. The molecule has 0 saturated heterocycles. The van der Waals surface area contributed by atoms with E-state index in [4.69, 9.17) is 0 Å². The summed E-state index contributed by atoms with van der Waals surface area (Å²) >= 11 is 1.75. The number of para-hydroxylation sites is 1. The van der Waals surface area contributed by atoms with E-state index in [1.54, 1.807) is 37.0 Å². The van der Waals surface area contributed by atoms with Crippen molar-refractivity contribution in [1.82, 2.24) is 9.78 Å². The van der Waals surface area contributed by atoms with Crippen molar-refractivity contribution in [3.63, 3.8) is 0 Å². The van der Waals surface area contributed by atoms with Crippen LogP contribution in [0.3, 0.4) is 0 Å². The first-order chi connectivity index (χ1) is 14.6. The summed E-state index contributed by atoms with van der Waals surface area (Å²) in [4.78, 5) is 29.4. The number of aromatic nitrogens is 2. The summed E-state index contributed by atoms with van der Waals surface area (Å²) in [6.45, 7) is 0. The van der Waals surface area contributed by atoms with Crippen LogP contribution >= 0.6 is 11.8 Å². The van der Waals surface area contributed by atoms with Gasteiger partial charge in [0, 0.05) is 23.1 Å². The molecule has 4 aromatic rings. The quantitative estimate of drug-likeness (QED) is 0.488. The lowest BCUT2D eigenvalue weighted by atomic mass is 10.0. The van der Waals surface area contributed by atoms with Crippen molar-refractivity contribution < 1.29 is 4.79 Å². The summed E-state index contributed by atoms with van der Waals surface area (Å²) < 4.78 is 1.25. The van der Waals surface area contributed by atoms with Crippen molar-refractivity contribution in [1.29, 1.82) is 0 Å². The van der Waals surface area contributed by atoms with E-state index in [2.05, 4.69) is 5.10 Å². The molecular weight excluding hydrogens is 394 g/mol. The van der Waals surface area contributed by atoms with Crippen molar-refractivity contribution in [2.75, 3.05) is 10.7 Å². The predicted molar refractivity (Wildman–Crippen MR) is 120 cm³/mol. The summed E-state index contributed by atoms with van der Waals surface area (Å²) in [6.07, 6.45) is 0. The zero-order valence-corrected chi connectivity index (χ0v) is 17.2. The molecule has 5 nitrogen and oxygen atoms in total. The Hall–Kier alpha value is -3.38. The second-order valence-corrected chi connectivity index (χ2v) is 8.27. The monoisotopic (exact) mass is 413 g/mol. The molecule has 1 aliphatic rings. The summed E-state index contributed by atoms with van der Waals surface area (Å²) in [7, 11) is 1.58. The summed E-state index contributed by atoms with van der Waals surface area (Å²) in [5, 5.41) is 5.45. The van der Waals surface area contributed by atoms with Gasteiger partial charge in [0.15, 0.2) is 5.69 Å². The molecule has 2 heterocycles. The SMILES string of the molecule is Cn1nc(C(=O)N2c3ccccc3SCC2c2ccccc2)c2ccccc2c1=O. The highest BCUT2D eigenvalue weighted by atomic mass is 32.2. The van der Waals surface area contributed by atoms with Crippen LogP contribution in [0.2, 0.25) is 0 Å². The van der Waals surface area contributed by atoms with E-state index in [1.165, 1.54) is 4.68 Å². The number of anilines is 1. The highest BCUT2D eigenvalue weighted by molar-refractivity contribution is 7.99. The number of fused-ring (bicyclic) bond motifs is 2. The largest absolute Gasteiger partial charge is 0.297 e. The van der Waals surface area contributed by atoms with Gasteiger partial charge in [0.1, 0.15) is 0 Å². The third-order valence-electron chi connectivity index (χ3n) is 5.40. The second kappa shape index (κ2) is 7.46. The number of carbonyl (C=O) groups is 1. The zero-order valence-electron chi connectivity index (χ0n) is 16.4. The number of amides is 1. The van der Waals surface area contributed by atoms with Gasteiger partial charge >= 0.3 is 0 Å².